The molecule has 1 saturated carbocycles. The summed E-state index contributed by atoms with van der Waals surface area (Å²) in [5, 5.41) is 0. The van der Waals surface area contributed by atoms with Crippen LogP contribution in [0.4, 0.5) is 13.2 Å². The highest BCUT2D eigenvalue weighted by molar-refractivity contribution is 5.39. The van der Waals surface area contributed by atoms with E-state index < -0.39 is 11.7 Å². The maximum Gasteiger partial charge on any atom is 0.416 e. The van der Waals surface area contributed by atoms with Crippen molar-refractivity contribution in [2.45, 2.75) is 51.1 Å². The molecule has 0 aliphatic heterocycles. The van der Waals surface area contributed by atoms with Crippen molar-refractivity contribution in [3.05, 3.63) is 82.9 Å². The van der Waals surface area contributed by atoms with Gasteiger partial charge >= 0.3 is 6.18 Å². The van der Waals surface area contributed by atoms with Crippen molar-refractivity contribution >= 4 is 0 Å². The van der Waals surface area contributed by atoms with Gasteiger partial charge in [0, 0.05) is 5.56 Å². The second-order valence-corrected chi connectivity index (χ2v) is 7.41. The molecule has 0 atom stereocenters. The molecule has 0 radical (unpaired) electrons. The van der Waals surface area contributed by atoms with Crippen LogP contribution < -0.4 is 0 Å². The Morgan fingerprint density at radius 1 is 0.929 bits per heavy atom. The Balaban J connectivity index is 1.49. The number of hydrogen-bond donors (Lipinski definition) is 0. The number of allylic oxidation sites excluding steroid dienone is 2. The standard InChI is InChI=1S/C25H25F3/c1-2-19-7-13-22(14-8-19)23-15-9-20(10-16-23)5-3-4-6-21-11-17-24(18-12-21)25(26,27)28/h3,5,7-8,11-14,17-18,20,23H,2,9-10,15-16H2,1H3/b5-3+/t20-,23-. The third-order valence-corrected chi connectivity index (χ3v) is 5.51. The molecule has 146 valence electrons. The van der Waals surface area contributed by atoms with E-state index in [-0.39, 0.29) is 0 Å². The predicted molar refractivity (Wildman–Crippen MR) is 108 cm³/mol. The lowest BCUT2D eigenvalue weighted by Crippen LogP contribution is -2.11. The monoisotopic (exact) mass is 382 g/mol. The minimum atomic E-state index is -4.30. The van der Waals surface area contributed by atoms with Crippen LogP contribution in [-0.4, -0.2) is 0 Å². The fourth-order valence-electron chi connectivity index (χ4n) is 3.72. The Morgan fingerprint density at radius 3 is 2.14 bits per heavy atom. The highest BCUT2D eigenvalue weighted by atomic mass is 19.4. The lowest BCUT2D eigenvalue weighted by molar-refractivity contribution is -0.137. The van der Waals surface area contributed by atoms with Gasteiger partial charge in [0.05, 0.1) is 5.56 Å². The first-order valence-electron chi connectivity index (χ1n) is 9.90. The summed E-state index contributed by atoms with van der Waals surface area (Å²) in [6, 6.07) is 14.0. The normalized spacial score (nSPS) is 20.0. The lowest BCUT2D eigenvalue weighted by atomic mass is 9.78. The number of hydrogen-bond acceptors (Lipinski definition) is 0. The zero-order valence-corrected chi connectivity index (χ0v) is 16.1. The summed E-state index contributed by atoms with van der Waals surface area (Å²) < 4.78 is 37.7. The summed E-state index contributed by atoms with van der Waals surface area (Å²) in [5.74, 6) is 7.04. The van der Waals surface area contributed by atoms with Crippen LogP contribution in [0.15, 0.2) is 60.7 Å². The van der Waals surface area contributed by atoms with Crippen LogP contribution in [0.2, 0.25) is 0 Å². The molecule has 2 aromatic carbocycles. The van der Waals surface area contributed by atoms with Crippen LogP contribution in [0.5, 0.6) is 0 Å². The van der Waals surface area contributed by atoms with Crippen LogP contribution >= 0.6 is 0 Å². The van der Waals surface area contributed by atoms with E-state index in [1.807, 2.05) is 6.08 Å². The average Bonchev–Trinajstić information content (AvgIpc) is 2.71. The van der Waals surface area contributed by atoms with Crippen molar-refractivity contribution in [1.29, 1.82) is 0 Å². The van der Waals surface area contributed by atoms with Crippen LogP contribution in [0, 0.1) is 17.8 Å². The first-order chi connectivity index (χ1) is 13.5. The quantitative estimate of drug-likeness (QED) is 0.495. The third-order valence-electron chi connectivity index (χ3n) is 5.51. The molecule has 0 amide bonds. The Kier molecular flexibility index (Phi) is 6.62. The molecule has 0 N–H and O–H groups in total. The highest BCUT2D eigenvalue weighted by Crippen LogP contribution is 2.36. The Morgan fingerprint density at radius 2 is 1.57 bits per heavy atom. The number of rotatable bonds is 3. The Labute approximate surface area is 165 Å². The molecular weight excluding hydrogens is 357 g/mol. The van der Waals surface area contributed by atoms with E-state index in [1.54, 1.807) is 0 Å². The molecule has 0 nitrogen and oxygen atoms in total. The number of aryl methyl sites for hydroxylation is 1. The molecule has 0 unspecified atom stereocenters. The third kappa shape index (κ3) is 5.52. The summed E-state index contributed by atoms with van der Waals surface area (Å²) >= 11 is 0. The molecule has 2 aromatic rings. The van der Waals surface area contributed by atoms with E-state index in [4.69, 9.17) is 0 Å². The second kappa shape index (κ2) is 9.15. The van der Waals surface area contributed by atoms with Gasteiger partial charge in [0.2, 0.25) is 0 Å². The van der Waals surface area contributed by atoms with Gasteiger partial charge in [0.1, 0.15) is 0 Å². The van der Waals surface area contributed by atoms with E-state index in [2.05, 4.69) is 49.1 Å². The minimum Gasteiger partial charge on any atom is -0.166 e. The van der Waals surface area contributed by atoms with Gasteiger partial charge in [-0.05, 0) is 85.4 Å². The molecule has 0 saturated heterocycles. The largest absolute Gasteiger partial charge is 0.416 e. The molecule has 1 fully saturated rings. The molecule has 1 aliphatic rings. The number of halogens is 3. The van der Waals surface area contributed by atoms with E-state index in [1.165, 1.54) is 36.1 Å². The summed E-state index contributed by atoms with van der Waals surface area (Å²) in [4.78, 5) is 0. The molecule has 0 bridgehead atoms. The van der Waals surface area contributed by atoms with Crippen molar-refractivity contribution in [2.24, 2.45) is 5.92 Å². The smallest absolute Gasteiger partial charge is 0.166 e. The average molecular weight is 382 g/mol. The van der Waals surface area contributed by atoms with Crippen LogP contribution in [0.25, 0.3) is 0 Å². The lowest BCUT2D eigenvalue weighted by Gasteiger charge is -2.27. The maximum absolute atomic E-state index is 12.6. The van der Waals surface area contributed by atoms with Gasteiger partial charge in [-0.15, -0.1) is 0 Å². The summed E-state index contributed by atoms with van der Waals surface area (Å²) in [6.07, 6.45) is 5.44. The summed E-state index contributed by atoms with van der Waals surface area (Å²) in [5.41, 5.74) is 2.78. The van der Waals surface area contributed by atoms with Gasteiger partial charge < -0.3 is 0 Å². The van der Waals surface area contributed by atoms with Gasteiger partial charge in [-0.2, -0.15) is 13.2 Å². The SMILES string of the molecule is CCc1ccc([C@H]2CC[C@H](/C=C/C#Cc3ccc(C(F)(F)F)cc3)CC2)cc1. The van der Waals surface area contributed by atoms with Crippen molar-refractivity contribution in [2.75, 3.05) is 0 Å². The number of alkyl halides is 3. The fourth-order valence-corrected chi connectivity index (χ4v) is 3.72. The summed E-state index contributed by atoms with van der Waals surface area (Å²) in [6.45, 7) is 2.17. The van der Waals surface area contributed by atoms with Crippen LogP contribution in [-0.2, 0) is 12.6 Å². The van der Waals surface area contributed by atoms with Crippen molar-refractivity contribution in [3.63, 3.8) is 0 Å². The molecule has 3 rings (SSSR count). The number of benzene rings is 2. The maximum atomic E-state index is 12.6. The highest BCUT2D eigenvalue weighted by Gasteiger charge is 2.29. The Bertz CT molecular complexity index is 838. The zero-order valence-electron chi connectivity index (χ0n) is 16.1. The molecule has 1 aliphatic carbocycles. The molecule has 0 aromatic heterocycles. The van der Waals surface area contributed by atoms with E-state index >= 15 is 0 Å². The minimum absolute atomic E-state index is 0.535. The zero-order chi connectivity index (χ0) is 20.0. The van der Waals surface area contributed by atoms with E-state index in [0.29, 0.717) is 17.4 Å². The molecule has 0 spiro atoms. The Hall–Kier alpha value is -2.47. The van der Waals surface area contributed by atoms with Crippen molar-refractivity contribution in [1.82, 2.24) is 0 Å². The predicted octanol–water partition coefficient (Wildman–Crippen LogP) is 7.15. The molecular formula is C25H25F3. The second-order valence-electron chi connectivity index (χ2n) is 7.41. The molecule has 0 heterocycles. The van der Waals surface area contributed by atoms with E-state index in [9.17, 15) is 13.2 Å². The van der Waals surface area contributed by atoms with Crippen LogP contribution in [0.3, 0.4) is 0 Å². The van der Waals surface area contributed by atoms with Gasteiger partial charge in [-0.25, -0.2) is 0 Å². The van der Waals surface area contributed by atoms with Gasteiger partial charge in [0.15, 0.2) is 0 Å². The van der Waals surface area contributed by atoms with Crippen molar-refractivity contribution in [3.8, 4) is 11.8 Å². The summed E-state index contributed by atoms with van der Waals surface area (Å²) in [7, 11) is 0. The molecule has 3 heteroatoms. The topological polar surface area (TPSA) is 0 Å². The first-order valence-corrected chi connectivity index (χ1v) is 9.90. The van der Waals surface area contributed by atoms with Crippen molar-refractivity contribution < 1.29 is 13.2 Å². The van der Waals surface area contributed by atoms with Gasteiger partial charge in [-0.1, -0.05) is 49.1 Å². The van der Waals surface area contributed by atoms with Gasteiger partial charge in [0.25, 0.3) is 0 Å². The fraction of sp³-hybridized carbons (Fsp3) is 0.360. The molecule has 28 heavy (non-hydrogen) atoms. The van der Waals surface area contributed by atoms with Gasteiger partial charge in [-0.3, -0.25) is 0 Å². The van der Waals surface area contributed by atoms with E-state index in [0.717, 1.165) is 31.4 Å². The van der Waals surface area contributed by atoms with Crippen LogP contribution in [0.1, 0.15) is 60.8 Å². The first kappa shape index (κ1) is 20.3.